The Bertz CT molecular complexity index is 881. The zero-order valence-electron chi connectivity index (χ0n) is 20.3. The third-order valence-corrected chi connectivity index (χ3v) is 6.49. The van der Waals surface area contributed by atoms with Crippen molar-refractivity contribution in [3.05, 3.63) is 70.9 Å². The molecule has 0 aliphatic heterocycles. The second-order valence-electron chi connectivity index (χ2n) is 9.31. The molecule has 4 heteroatoms. The van der Waals surface area contributed by atoms with Crippen molar-refractivity contribution >= 4 is 11.9 Å². The highest BCUT2D eigenvalue weighted by atomic mass is 16.5. The van der Waals surface area contributed by atoms with Gasteiger partial charge in [-0.1, -0.05) is 48.6 Å². The molecule has 0 saturated carbocycles. The molecule has 2 rings (SSSR count). The topological polar surface area (TPSA) is 52.6 Å². The zero-order chi connectivity index (χ0) is 23.8. The molecule has 32 heavy (non-hydrogen) atoms. The fraction of sp³-hybridized carbons (Fsp3) is 0.500. The molecule has 0 bridgehead atoms. The van der Waals surface area contributed by atoms with Gasteiger partial charge in [0.1, 0.15) is 12.7 Å². The summed E-state index contributed by atoms with van der Waals surface area (Å²) in [4.78, 5) is 24.3. The van der Waals surface area contributed by atoms with E-state index in [1.165, 1.54) is 5.57 Å². The highest BCUT2D eigenvalue weighted by Crippen LogP contribution is 2.32. The van der Waals surface area contributed by atoms with Crippen LogP contribution in [-0.4, -0.2) is 24.6 Å². The molecule has 0 saturated heterocycles. The molecule has 0 aromatic rings. The second kappa shape index (κ2) is 11.8. The van der Waals surface area contributed by atoms with Gasteiger partial charge in [-0.25, -0.2) is 9.59 Å². The molecule has 0 radical (unpaired) electrons. The summed E-state index contributed by atoms with van der Waals surface area (Å²) in [5, 5.41) is 0. The van der Waals surface area contributed by atoms with Crippen molar-refractivity contribution in [2.45, 2.75) is 72.8 Å². The lowest BCUT2D eigenvalue weighted by Gasteiger charge is -2.29. The molecule has 0 heterocycles. The van der Waals surface area contributed by atoms with Crippen LogP contribution in [0.5, 0.6) is 0 Å². The molecule has 2 aliphatic rings. The maximum atomic E-state index is 12.4. The first-order valence-corrected chi connectivity index (χ1v) is 11.5. The van der Waals surface area contributed by atoms with Crippen molar-refractivity contribution in [2.24, 2.45) is 11.8 Å². The summed E-state index contributed by atoms with van der Waals surface area (Å²) in [5.41, 5.74) is 5.59. The maximum Gasteiger partial charge on any atom is 0.334 e. The number of rotatable bonds is 8. The van der Waals surface area contributed by atoms with E-state index in [0.717, 1.165) is 48.8 Å². The highest BCUT2D eigenvalue weighted by Gasteiger charge is 2.26. The Kier molecular flexibility index (Phi) is 9.49. The monoisotopic (exact) mass is 438 g/mol. The van der Waals surface area contributed by atoms with Gasteiger partial charge >= 0.3 is 11.9 Å². The molecule has 0 amide bonds. The van der Waals surface area contributed by atoms with Crippen LogP contribution in [0, 0.1) is 11.8 Å². The molecule has 3 atom stereocenters. The van der Waals surface area contributed by atoms with E-state index in [1.807, 2.05) is 26.0 Å². The smallest absolute Gasteiger partial charge is 0.334 e. The van der Waals surface area contributed by atoms with Gasteiger partial charge in [0.15, 0.2) is 0 Å². The number of hydrogen-bond donors (Lipinski definition) is 0. The Morgan fingerprint density at radius 1 is 1.03 bits per heavy atom. The average Bonchev–Trinajstić information content (AvgIpc) is 2.77. The number of ether oxygens (including phenoxy) is 2. The first-order chi connectivity index (χ1) is 15.1. The van der Waals surface area contributed by atoms with Crippen LogP contribution in [0.15, 0.2) is 70.9 Å². The number of carbonyl (C=O) groups excluding carboxylic acids is 2. The van der Waals surface area contributed by atoms with E-state index in [9.17, 15) is 9.59 Å². The van der Waals surface area contributed by atoms with Crippen molar-refractivity contribution in [2.75, 3.05) is 6.61 Å². The Labute approximate surface area is 193 Å². The fourth-order valence-electron chi connectivity index (χ4n) is 3.93. The molecule has 0 aromatic heterocycles. The predicted octanol–water partition coefficient (Wildman–Crippen LogP) is 6.57. The molecule has 0 unspecified atom stereocenters. The van der Waals surface area contributed by atoms with Gasteiger partial charge in [-0.05, 0) is 89.7 Å². The van der Waals surface area contributed by atoms with Crippen LogP contribution in [0.2, 0.25) is 0 Å². The van der Waals surface area contributed by atoms with E-state index in [0.29, 0.717) is 17.1 Å². The summed E-state index contributed by atoms with van der Waals surface area (Å²) in [6.45, 7) is 17.7. The largest absolute Gasteiger partial charge is 0.458 e. The Morgan fingerprint density at radius 2 is 1.72 bits per heavy atom. The third kappa shape index (κ3) is 7.51. The van der Waals surface area contributed by atoms with E-state index < -0.39 is 0 Å². The number of hydrogen-bond acceptors (Lipinski definition) is 4. The van der Waals surface area contributed by atoms with Crippen LogP contribution in [0.3, 0.4) is 0 Å². The number of esters is 2. The van der Waals surface area contributed by atoms with Crippen LogP contribution in [0.4, 0.5) is 0 Å². The standard InChI is InChI=1S/C28H38O4/c1-18(2)27(29)32-26-16-25(15-12-21(26)5)20(4)10-11-22(6)28(30)31-17-23(7)24-13-8-19(3)9-14-24/h8,10-12,24-26H,1,7,9,13-17H2,2-6H3/b20-10-,22-11+/t24-,25+,26-/m0/s1. The summed E-state index contributed by atoms with van der Waals surface area (Å²) in [6.07, 6.45) is 12.7. The summed E-state index contributed by atoms with van der Waals surface area (Å²) in [5.74, 6) is -0.0215. The first-order valence-electron chi connectivity index (χ1n) is 11.5. The average molecular weight is 439 g/mol. The van der Waals surface area contributed by atoms with Gasteiger partial charge in [0.05, 0.1) is 0 Å². The van der Waals surface area contributed by atoms with Crippen LogP contribution in [0.25, 0.3) is 0 Å². The molecular formula is C28H38O4. The Hall–Kier alpha value is -2.62. The molecule has 4 nitrogen and oxygen atoms in total. The summed E-state index contributed by atoms with van der Waals surface area (Å²) >= 11 is 0. The van der Waals surface area contributed by atoms with Gasteiger partial charge in [0, 0.05) is 11.1 Å². The minimum Gasteiger partial charge on any atom is -0.458 e. The third-order valence-electron chi connectivity index (χ3n) is 6.49. The minimum absolute atomic E-state index is 0.235. The van der Waals surface area contributed by atoms with Gasteiger partial charge in [0.2, 0.25) is 0 Å². The van der Waals surface area contributed by atoms with Gasteiger partial charge in [0.25, 0.3) is 0 Å². The van der Waals surface area contributed by atoms with Crippen molar-refractivity contribution in [1.82, 2.24) is 0 Å². The van der Waals surface area contributed by atoms with Crippen LogP contribution >= 0.6 is 0 Å². The van der Waals surface area contributed by atoms with Crippen molar-refractivity contribution < 1.29 is 19.1 Å². The molecule has 0 aromatic carbocycles. The van der Waals surface area contributed by atoms with Crippen molar-refractivity contribution in [3.8, 4) is 0 Å². The lowest BCUT2D eigenvalue weighted by atomic mass is 9.83. The van der Waals surface area contributed by atoms with Crippen LogP contribution in [-0.2, 0) is 19.1 Å². The second-order valence-corrected chi connectivity index (χ2v) is 9.31. The molecule has 0 N–H and O–H groups in total. The Morgan fingerprint density at radius 3 is 2.34 bits per heavy atom. The maximum absolute atomic E-state index is 12.4. The van der Waals surface area contributed by atoms with Crippen LogP contribution in [0.1, 0.15) is 66.7 Å². The summed E-state index contributed by atoms with van der Waals surface area (Å²) < 4.78 is 11.1. The summed E-state index contributed by atoms with van der Waals surface area (Å²) in [6, 6.07) is 0. The molecule has 2 aliphatic carbocycles. The van der Waals surface area contributed by atoms with Crippen molar-refractivity contribution in [3.63, 3.8) is 0 Å². The lowest BCUT2D eigenvalue weighted by molar-refractivity contribution is -0.143. The molecule has 174 valence electrons. The van der Waals surface area contributed by atoms with Crippen molar-refractivity contribution in [1.29, 1.82) is 0 Å². The fourth-order valence-corrected chi connectivity index (χ4v) is 3.93. The molecule has 0 fully saturated rings. The SMILES string of the molecule is C=C(C)C(=O)O[C@H]1C[C@H](/C(C)=C\C=C(/C)C(=O)OCC(=C)[C@H]2CC=C(C)CC2)CC=C1C. The van der Waals surface area contributed by atoms with Gasteiger partial charge in [-0.3, -0.25) is 0 Å². The van der Waals surface area contributed by atoms with E-state index in [4.69, 9.17) is 9.47 Å². The first kappa shape index (κ1) is 25.6. The van der Waals surface area contributed by atoms with E-state index in [2.05, 4.69) is 32.2 Å². The van der Waals surface area contributed by atoms with Gasteiger partial charge in [-0.2, -0.15) is 0 Å². The zero-order valence-corrected chi connectivity index (χ0v) is 20.3. The van der Waals surface area contributed by atoms with E-state index >= 15 is 0 Å². The van der Waals surface area contributed by atoms with Crippen LogP contribution < -0.4 is 0 Å². The Balaban J connectivity index is 1.90. The summed E-state index contributed by atoms with van der Waals surface area (Å²) in [7, 11) is 0. The quantitative estimate of drug-likeness (QED) is 0.186. The number of carbonyl (C=O) groups is 2. The lowest BCUT2D eigenvalue weighted by Crippen LogP contribution is -2.26. The molecule has 0 spiro atoms. The predicted molar refractivity (Wildman–Crippen MR) is 130 cm³/mol. The normalized spacial score (nSPS) is 24.2. The minimum atomic E-state index is -0.357. The van der Waals surface area contributed by atoms with E-state index in [1.54, 1.807) is 13.8 Å². The van der Waals surface area contributed by atoms with Gasteiger partial charge in [-0.15, -0.1) is 0 Å². The number of allylic oxidation sites excluding steroid dienone is 6. The van der Waals surface area contributed by atoms with Gasteiger partial charge < -0.3 is 9.47 Å². The highest BCUT2D eigenvalue weighted by molar-refractivity contribution is 5.88. The van der Waals surface area contributed by atoms with E-state index in [-0.39, 0.29) is 30.6 Å². The molecular weight excluding hydrogens is 400 g/mol.